The largest absolute Gasteiger partial charge is 0.444 e. The Morgan fingerprint density at radius 2 is 2.25 bits per heavy atom. The molecule has 1 heterocycles. The molecule has 0 aromatic carbocycles. The highest BCUT2D eigenvalue weighted by Gasteiger charge is 2.18. The summed E-state index contributed by atoms with van der Waals surface area (Å²) in [6.45, 7) is 8.42. The van der Waals surface area contributed by atoms with Crippen LogP contribution in [-0.2, 0) is 17.7 Å². The van der Waals surface area contributed by atoms with Crippen molar-refractivity contribution in [2.75, 3.05) is 13.2 Å². The van der Waals surface area contributed by atoms with Gasteiger partial charge in [0.2, 0.25) is 0 Å². The predicted molar refractivity (Wildman–Crippen MR) is 74.2 cm³/mol. The van der Waals surface area contributed by atoms with Gasteiger partial charge in [-0.25, -0.2) is 9.78 Å². The van der Waals surface area contributed by atoms with Crippen molar-refractivity contribution in [2.24, 2.45) is 5.92 Å². The first-order chi connectivity index (χ1) is 9.35. The summed E-state index contributed by atoms with van der Waals surface area (Å²) in [5.41, 5.74) is -0.527. The van der Waals surface area contributed by atoms with Gasteiger partial charge in [-0.3, -0.25) is 4.68 Å². The van der Waals surface area contributed by atoms with E-state index in [-0.39, 0.29) is 12.5 Å². The summed E-state index contributed by atoms with van der Waals surface area (Å²) in [5, 5.41) is 16.1. The fraction of sp³-hybridized carbons (Fsp3) is 0.769. The Labute approximate surface area is 119 Å². The Morgan fingerprint density at radius 3 is 2.80 bits per heavy atom. The minimum absolute atomic E-state index is 0.0353. The van der Waals surface area contributed by atoms with Crippen LogP contribution in [0.2, 0.25) is 0 Å². The van der Waals surface area contributed by atoms with Gasteiger partial charge < -0.3 is 15.2 Å². The zero-order chi connectivity index (χ0) is 15.2. The first-order valence-corrected chi connectivity index (χ1v) is 6.80. The first-order valence-electron chi connectivity index (χ1n) is 6.80. The Morgan fingerprint density at radius 1 is 1.55 bits per heavy atom. The van der Waals surface area contributed by atoms with Crippen LogP contribution in [0, 0.1) is 5.92 Å². The van der Waals surface area contributed by atoms with Gasteiger partial charge in [0.25, 0.3) is 0 Å². The molecule has 0 spiro atoms. The monoisotopic (exact) mass is 284 g/mol. The van der Waals surface area contributed by atoms with Crippen molar-refractivity contribution < 1.29 is 14.6 Å². The van der Waals surface area contributed by atoms with Gasteiger partial charge >= 0.3 is 6.09 Å². The SMILES string of the molecule is CCn1ncnc1CC(CO)CNC(=O)OC(C)(C)C. The fourth-order valence-corrected chi connectivity index (χ4v) is 1.71. The molecule has 0 saturated carbocycles. The molecular formula is C13H24N4O3. The van der Waals surface area contributed by atoms with Crippen LogP contribution >= 0.6 is 0 Å². The first kappa shape index (κ1) is 16.4. The Balaban J connectivity index is 2.46. The van der Waals surface area contributed by atoms with Crippen molar-refractivity contribution in [3.63, 3.8) is 0 Å². The molecule has 1 unspecified atom stereocenters. The number of aliphatic hydroxyl groups is 1. The van der Waals surface area contributed by atoms with E-state index in [0.29, 0.717) is 13.0 Å². The van der Waals surface area contributed by atoms with Gasteiger partial charge in [-0.2, -0.15) is 5.10 Å². The van der Waals surface area contributed by atoms with Gasteiger partial charge in [0.15, 0.2) is 0 Å². The highest BCUT2D eigenvalue weighted by molar-refractivity contribution is 5.67. The molecule has 114 valence electrons. The summed E-state index contributed by atoms with van der Waals surface area (Å²) < 4.78 is 6.92. The van der Waals surface area contributed by atoms with E-state index < -0.39 is 11.7 Å². The van der Waals surface area contributed by atoms with Crippen molar-refractivity contribution in [3.05, 3.63) is 12.2 Å². The van der Waals surface area contributed by atoms with Gasteiger partial charge in [0.05, 0.1) is 0 Å². The van der Waals surface area contributed by atoms with E-state index in [0.717, 1.165) is 12.4 Å². The van der Waals surface area contributed by atoms with E-state index in [1.54, 1.807) is 25.5 Å². The molecule has 0 radical (unpaired) electrons. The van der Waals surface area contributed by atoms with Crippen LogP contribution in [0.15, 0.2) is 6.33 Å². The van der Waals surface area contributed by atoms with Crippen molar-refractivity contribution >= 4 is 6.09 Å². The second-order valence-corrected chi connectivity index (χ2v) is 5.63. The lowest BCUT2D eigenvalue weighted by Gasteiger charge is -2.21. The number of aliphatic hydroxyl groups excluding tert-OH is 1. The van der Waals surface area contributed by atoms with Gasteiger partial charge in [0, 0.05) is 32.0 Å². The molecule has 20 heavy (non-hydrogen) atoms. The third kappa shape index (κ3) is 5.56. The van der Waals surface area contributed by atoms with Crippen LogP contribution in [0.5, 0.6) is 0 Å². The summed E-state index contributed by atoms with van der Waals surface area (Å²) in [7, 11) is 0. The number of aromatic nitrogens is 3. The van der Waals surface area contributed by atoms with E-state index in [4.69, 9.17) is 4.74 Å². The van der Waals surface area contributed by atoms with Gasteiger partial charge in [-0.1, -0.05) is 0 Å². The Hall–Kier alpha value is -1.63. The molecule has 0 fully saturated rings. The highest BCUT2D eigenvalue weighted by atomic mass is 16.6. The number of hydrogen-bond acceptors (Lipinski definition) is 5. The van der Waals surface area contributed by atoms with Crippen LogP contribution in [0.3, 0.4) is 0 Å². The smallest absolute Gasteiger partial charge is 0.407 e. The molecule has 1 atom stereocenters. The average Bonchev–Trinajstić information content (AvgIpc) is 2.79. The molecule has 0 aliphatic heterocycles. The number of rotatable bonds is 6. The third-order valence-corrected chi connectivity index (χ3v) is 2.66. The maximum absolute atomic E-state index is 11.6. The van der Waals surface area contributed by atoms with E-state index in [1.165, 1.54) is 6.33 Å². The topological polar surface area (TPSA) is 89.3 Å². The van der Waals surface area contributed by atoms with Crippen molar-refractivity contribution in [1.82, 2.24) is 20.1 Å². The minimum atomic E-state index is -0.527. The second kappa shape index (κ2) is 7.23. The molecule has 2 N–H and O–H groups in total. The summed E-state index contributed by atoms with van der Waals surface area (Å²) in [4.78, 5) is 15.7. The standard InChI is InChI=1S/C13H24N4O3/c1-5-17-11(15-9-16-17)6-10(8-18)7-14-12(19)20-13(2,3)4/h9-10,18H,5-8H2,1-4H3,(H,14,19). The van der Waals surface area contributed by atoms with Crippen molar-refractivity contribution in [3.8, 4) is 0 Å². The Kier molecular flexibility index (Phi) is 5.94. The summed E-state index contributed by atoms with van der Waals surface area (Å²) in [6.07, 6.45) is 1.57. The summed E-state index contributed by atoms with van der Waals surface area (Å²) >= 11 is 0. The van der Waals surface area contributed by atoms with Crippen LogP contribution in [0.4, 0.5) is 4.79 Å². The summed E-state index contributed by atoms with van der Waals surface area (Å²) in [5.74, 6) is 0.689. The van der Waals surface area contributed by atoms with Crippen LogP contribution < -0.4 is 5.32 Å². The zero-order valence-corrected chi connectivity index (χ0v) is 12.6. The molecule has 0 aliphatic carbocycles. The molecule has 0 bridgehead atoms. The normalized spacial score (nSPS) is 13.1. The lowest BCUT2D eigenvalue weighted by molar-refractivity contribution is 0.0512. The fourth-order valence-electron chi connectivity index (χ4n) is 1.71. The zero-order valence-electron chi connectivity index (χ0n) is 12.6. The van der Waals surface area contributed by atoms with E-state index in [2.05, 4.69) is 15.4 Å². The number of amides is 1. The van der Waals surface area contributed by atoms with E-state index >= 15 is 0 Å². The maximum Gasteiger partial charge on any atom is 0.407 e. The molecule has 1 rings (SSSR count). The quantitative estimate of drug-likeness (QED) is 0.812. The van der Waals surface area contributed by atoms with Crippen molar-refractivity contribution in [2.45, 2.75) is 46.3 Å². The van der Waals surface area contributed by atoms with Crippen LogP contribution in [-0.4, -0.2) is 44.7 Å². The van der Waals surface area contributed by atoms with Crippen LogP contribution in [0.1, 0.15) is 33.5 Å². The molecule has 1 amide bonds. The predicted octanol–water partition coefficient (Wildman–Crippen LogP) is 0.974. The number of ether oxygens (including phenoxy) is 1. The van der Waals surface area contributed by atoms with Gasteiger partial charge in [-0.15, -0.1) is 0 Å². The molecule has 7 nitrogen and oxygen atoms in total. The molecule has 1 aromatic rings. The average molecular weight is 284 g/mol. The van der Waals surface area contributed by atoms with Gasteiger partial charge in [-0.05, 0) is 27.7 Å². The molecule has 0 aliphatic rings. The lowest BCUT2D eigenvalue weighted by Crippen LogP contribution is -2.36. The van der Waals surface area contributed by atoms with E-state index in [1.807, 2.05) is 6.92 Å². The highest BCUT2D eigenvalue weighted by Crippen LogP contribution is 2.08. The van der Waals surface area contributed by atoms with Gasteiger partial charge in [0.1, 0.15) is 17.8 Å². The number of nitrogens with zero attached hydrogens (tertiary/aromatic N) is 3. The van der Waals surface area contributed by atoms with Crippen LogP contribution in [0.25, 0.3) is 0 Å². The third-order valence-electron chi connectivity index (χ3n) is 2.66. The number of carbonyl (C=O) groups is 1. The lowest BCUT2D eigenvalue weighted by atomic mass is 10.1. The Bertz CT molecular complexity index is 425. The molecule has 7 heteroatoms. The number of alkyl carbamates (subject to hydrolysis) is 1. The number of nitrogens with one attached hydrogen (secondary N) is 1. The van der Waals surface area contributed by atoms with Crippen molar-refractivity contribution in [1.29, 1.82) is 0 Å². The molecule has 1 aromatic heterocycles. The number of carbonyl (C=O) groups excluding carboxylic acids is 1. The molecular weight excluding hydrogens is 260 g/mol. The second-order valence-electron chi connectivity index (χ2n) is 5.63. The number of aryl methyl sites for hydroxylation is 1. The summed E-state index contributed by atoms with van der Waals surface area (Å²) in [6, 6.07) is 0. The maximum atomic E-state index is 11.6. The minimum Gasteiger partial charge on any atom is -0.444 e. The van der Waals surface area contributed by atoms with E-state index in [9.17, 15) is 9.90 Å². The number of hydrogen-bond donors (Lipinski definition) is 2. The molecule has 0 saturated heterocycles.